The third kappa shape index (κ3) is 3.59. The summed E-state index contributed by atoms with van der Waals surface area (Å²) in [6.07, 6.45) is 5.19. The summed E-state index contributed by atoms with van der Waals surface area (Å²) in [4.78, 5) is 2.63. The van der Waals surface area contributed by atoms with Gasteiger partial charge in [0.05, 0.1) is 0 Å². The van der Waals surface area contributed by atoms with Crippen molar-refractivity contribution >= 4 is 15.9 Å². The minimum absolute atomic E-state index is 0.154. The summed E-state index contributed by atoms with van der Waals surface area (Å²) < 4.78 is 1.14. The molecule has 3 heteroatoms. The van der Waals surface area contributed by atoms with Crippen molar-refractivity contribution in [3.63, 3.8) is 0 Å². The molecule has 2 nitrogen and oxygen atoms in total. The van der Waals surface area contributed by atoms with Crippen molar-refractivity contribution in [2.24, 2.45) is 5.73 Å². The van der Waals surface area contributed by atoms with Crippen molar-refractivity contribution in [2.75, 3.05) is 6.54 Å². The Labute approximate surface area is 125 Å². The van der Waals surface area contributed by atoms with Gasteiger partial charge in [-0.2, -0.15) is 0 Å². The lowest BCUT2D eigenvalue weighted by atomic mass is 9.92. The molecule has 3 atom stereocenters. The number of benzene rings is 1. The van der Waals surface area contributed by atoms with Gasteiger partial charge in [0, 0.05) is 22.6 Å². The van der Waals surface area contributed by atoms with Crippen LogP contribution in [0, 0.1) is 0 Å². The van der Waals surface area contributed by atoms with E-state index in [2.05, 4.69) is 58.9 Å². The predicted octanol–water partition coefficient (Wildman–Crippen LogP) is 4.10. The van der Waals surface area contributed by atoms with Crippen LogP contribution in [0.2, 0.25) is 0 Å². The summed E-state index contributed by atoms with van der Waals surface area (Å²) in [7, 11) is 0. The zero-order chi connectivity index (χ0) is 13.8. The average Bonchev–Trinajstić information content (AvgIpc) is 2.39. The molecule has 0 aliphatic carbocycles. The van der Waals surface area contributed by atoms with Gasteiger partial charge in [-0.05, 0) is 50.4 Å². The summed E-state index contributed by atoms with van der Waals surface area (Å²) in [6.45, 7) is 5.60. The van der Waals surface area contributed by atoms with Crippen molar-refractivity contribution < 1.29 is 0 Å². The summed E-state index contributed by atoms with van der Waals surface area (Å²) in [5.41, 5.74) is 7.65. The molecule has 1 fully saturated rings. The maximum atomic E-state index is 6.31. The molecule has 0 radical (unpaired) electrons. The van der Waals surface area contributed by atoms with Crippen LogP contribution in [0.4, 0.5) is 0 Å². The van der Waals surface area contributed by atoms with E-state index in [1.165, 1.54) is 37.8 Å². The van der Waals surface area contributed by atoms with Gasteiger partial charge in [0.15, 0.2) is 0 Å². The Morgan fingerprint density at radius 3 is 2.84 bits per heavy atom. The maximum absolute atomic E-state index is 6.31. The van der Waals surface area contributed by atoms with Gasteiger partial charge in [-0.25, -0.2) is 0 Å². The van der Waals surface area contributed by atoms with Crippen molar-refractivity contribution in [3.8, 4) is 0 Å². The lowest BCUT2D eigenvalue weighted by Crippen LogP contribution is -2.47. The van der Waals surface area contributed by atoms with E-state index in [9.17, 15) is 0 Å². The van der Waals surface area contributed by atoms with Gasteiger partial charge in [0.2, 0.25) is 0 Å². The number of likely N-dealkylation sites (tertiary alicyclic amines) is 1. The largest absolute Gasteiger partial charge is 0.326 e. The van der Waals surface area contributed by atoms with Gasteiger partial charge in [-0.1, -0.05) is 41.4 Å². The molecule has 0 bridgehead atoms. The summed E-state index contributed by atoms with van der Waals surface area (Å²) >= 11 is 3.58. The van der Waals surface area contributed by atoms with E-state index < -0.39 is 0 Å². The molecule has 3 unspecified atom stereocenters. The maximum Gasteiger partial charge on any atom is 0.0499 e. The smallest absolute Gasteiger partial charge is 0.0499 e. The fourth-order valence-electron chi connectivity index (χ4n) is 3.32. The molecular formula is C16H25BrN2. The number of halogens is 1. The van der Waals surface area contributed by atoms with Crippen molar-refractivity contribution in [3.05, 3.63) is 34.3 Å². The highest BCUT2D eigenvalue weighted by Crippen LogP contribution is 2.32. The van der Waals surface area contributed by atoms with E-state index in [-0.39, 0.29) is 6.04 Å². The Morgan fingerprint density at radius 2 is 2.21 bits per heavy atom. The molecule has 19 heavy (non-hydrogen) atoms. The molecule has 0 aromatic heterocycles. The molecule has 1 aromatic carbocycles. The van der Waals surface area contributed by atoms with Crippen LogP contribution in [-0.2, 0) is 0 Å². The first-order chi connectivity index (χ1) is 9.13. The summed E-state index contributed by atoms with van der Waals surface area (Å²) in [5, 5.41) is 0. The summed E-state index contributed by atoms with van der Waals surface area (Å²) in [6, 6.07) is 9.79. The zero-order valence-corrected chi connectivity index (χ0v) is 13.6. The first-order valence-corrected chi connectivity index (χ1v) is 8.19. The molecule has 1 aromatic rings. The molecular weight excluding hydrogens is 300 g/mol. The lowest BCUT2D eigenvalue weighted by Gasteiger charge is -2.43. The Bertz CT molecular complexity index is 405. The molecule has 0 amide bonds. The van der Waals surface area contributed by atoms with E-state index >= 15 is 0 Å². The normalized spacial score (nSPS) is 24.1. The number of hydrogen-bond donors (Lipinski definition) is 1. The quantitative estimate of drug-likeness (QED) is 0.903. The third-order valence-electron chi connectivity index (χ3n) is 4.19. The second-order valence-electron chi connectivity index (χ2n) is 5.65. The van der Waals surface area contributed by atoms with Crippen LogP contribution < -0.4 is 5.73 Å². The molecule has 1 aliphatic rings. The summed E-state index contributed by atoms with van der Waals surface area (Å²) in [5.74, 6) is 0. The molecule has 1 aliphatic heterocycles. The minimum Gasteiger partial charge on any atom is -0.326 e. The zero-order valence-electron chi connectivity index (χ0n) is 12.0. The van der Waals surface area contributed by atoms with E-state index in [1.54, 1.807) is 0 Å². The van der Waals surface area contributed by atoms with Gasteiger partial charge in [-0.15, -0.1) is 0 Å². The van der Waals surface area contributed by atoms with E-state index in [0.29, 0.717) is 12.1 Å². The Hall–Kier alpha value is -0.380. The molecule has 0 spiro atoms. The van der Waals surface area contributed by atoms with Crippen LogP contribution in [0.15, 0.2) is 28.7 Å². The number of rotatable bonds is 4. The number of piperidine rings is 1. The number of nitrogens with two attached hydrogens (primary N) is 1. The van der Waals surface area contributed by atoms with Crippen LogP contribution in [0.1, 0.15) is 51.1 Å². The minimum atomic E-state index is 0.154. The van der Waals surface area contributed by atoms with Crippen LogP contribution >= 0.6 is 15.9 Å². The molecule has 106 valence electrons. The number of nitrogens with zero attached hydrogens (tertiary/aromatic N) is 1. The fourth-order valence-corrected chi connectivity index (χ4v) is 3.73. The molecule has 1 saturated heterocycles. The van der Waals surface area contributed by atoms with E-state index in [4.69, 9.17) is 5.73 Å². The van der Waals surface area contributed by atoms with E-state index in [1.807, 2.05) is 0 Å². The Balaban J connectivity index is 2.28. The average molecular weight is 325 g/mol. The van der Waals surface area contributed by atoms with Crippen LogP contribution in [-0.4, -0.2) is 23.5 Å². The van der Waals surface area contributed by atoms with Gasteiger partial charge in [0.1, 0.15) is 0 Å². The highest BCUT2D eigenvalue weighted by molar-refractivity contribution is 9.10. The van der Waals surface area contributed by atoms with Crippen LogP contribution in [0.3, 0.4) is 0 Å². The first kappa shape index (κ1) is 15.0. The fraction of sp³-hybridized carbons (Fsp3) is 0.625. The number of hydrogen-bond acceptors (Lipinski definition) is 2. The second-order valence-corrected chi connectivity index (χ2v) is 6.57. The highest BCUT2D eigenvalue weighted by Gasteiger charge is 2.30. The molecule has 2 N–H and O–H groups in total. The van der Waals surface area contributed by atoms with Gasteiger partial charge < -0.3 is 5.73 Å². The van der Waals surface area contributed by atoms with Crippen LogP contribution in [0.5, 0.6) is 0 Å². The highest BCUT2D eigenvalue weighted by atomic mass is 79.9. The molecule has 1 heterocycles. The van der Waals surface area contributed by atoms with Crippen molar-refractivity contribution in [2.45, 2.75) is 57.7 Å². The van der Waals surface area contributed by atoms with Gasteiger partial charge in [0.25, 0.3) is 0 Å². The van der Waals surface area contributed by atoms with Crippen molar-refractivity contribution in [1.29, 1.82) is 0 Å². The molecule has 0 saturated carbocycles. The Morgan fingerprint density at radius 1 is 1.42 bits per heavy atom. The Kier molecular flexibility index (Phi) is 5.43. The monoisotopic (exact) mass is 324 g/mol. The third-order valence-corrected chi connectivity index (χ3v) is 4.68. The topological polar surface area (TPSA) is 29.3 Å². The predicted molar refractivity (Wildman–Crippen MR) is 85.2 cm³/mol. The van der Waals surface area contributed by atoms with Crippen LogP contribution in [0.25, 0.3) is 0 Å². The van der Waals surface area contributed by atoms with Gasteiger partial charge >= 0.3 is 0 Å². The van der Waals surface area contributed by atoms with Crippen molar-refractivity contribution in [1.82, 2.24) is 4.90 Å². The molecule has 2 rings (SSSR count). The van der Waals surface area contributed by atoms with E-state index in [0.717, 1.165) is 4.47 Å². The lowest BCUT2D eigenvalue weighted by molar-refractivity contribution is 0.0797. The second kappa shape index (κ2) is 6.87. The van der Waals surface area contributed by atoms with Gasteiger partial charge in [-0.3, -0.25) is 4.90 Å². The SMILES string of the molecule is CCC1CCCCN1C(c1cccc(Br)c1)C(C)N. The first-order valence-electron chi connectivity index (χ1n) is 7.40. The standard InChI is InChI=1S/C16H25BrN2/c1-3-15-9-4-5-10-19(15)16(12(2)18)13-7-6-8-14(17)11-13/h6-8,11-12,15-16H,3-5,9-10,18H2,1-2H3.